The molecule has 0 aliphatic rings. The summed E-state index contributed by atoms with van der Waals surface area (Å²) < 4.78 is 32.7. The van der Waals surface area contributed by atoms with Gasteiger partial charge in [0.25, 0.3) is 11.6 Å². The summed E-state index contributed by atoms with van der Waals surface area (Å²) in [6.45, 7) is 3.30. The van der Waals surface area contributed by atoms with Crippen LogP contribution in [0.2, 0.25) is 0 Å². The molecule has 0 atom stereocenters. The van der Waals surface area contributed by atoms with Crippen molar-refractivity contribution in [1.82, 2.24) is 4.72 Å². The Balaban J connectivity index is 1.71. The number of anilines is 1. The Labute approximate surface area is 172 Å². The van der Waals surface area contributed by atoms with Crippen molar-refractivity contribution in [3.63, 3.8) is 0 Å². The lowest BCUT2D eigenvalue weighted by Gasteiger charge is -2.10. The van der Waals surface area contributed by atoms with E-state index in [1.807, 2.05) is 0 Å². The van der Waals surface area contributed by atoms with Crippen LogP contribution in [0.1, 0.15) is 27.2 Å². The summed E-state index contributed by atoms with van der Waals surface area (Å²) in [6, 6.07) is 12.2. The minimum absolute atomic E-state index is 0.0706. The largest absolute Gasteiger partial charge is 0.459 e. The van der Waals surface area contributed by atoms with E-state index in [2.05, 4.69) is 10.0 Å². The molecule has 10 heteroatoms. The Bertz CT molecular complexity index is 1190. The van der Waals surface area contributed by atoms with E-state index >= 15 is 0 Å². The fourth-order valence-electron chi connectivity index (χ4n) is 2.69. The summed E-state index contributed by atoms with van der Waals surface area (Å²) >= 11 is 0. The van der Waals surface area contributed by atoms with E-state index in [1.165, 1.54) is 24.5 Å². The first-order valence-electron chi connectivity index (χ1n) is 8.86. The van der Waals surface area contributed by atoms with Crippen LogP contribution in [-0.2, 0) is 16.6 Å². The van der Waals surface area contributed by atoms with Gasteiger partial charge in [0.05, 0.1) is 11.2 Å². The van der Waals surface area contributed by atoms with E-state index in [-0.39, 0.29) is 17.2 Å². The van der Waals surface area contributed by atoms with Crippen LogP contribution in [0.5, 0.6) is 0 Å². The molecular weight excluding hydrogens is 410 g/mol. The number of furan rings is 1. The fraction of sp³-hybridized carbons (Fsp3) is 0.150. The van der Waals surface area contributed by atoms with Gasteiger partial charge >= 0.3 is 0 Å². The van der Waals surface area contributed by atoms with Gasteiger partial charge in [-0.15, -0.1) is 0 Å². The molecule has 0 aliphatic heterocycles. The molecule has 0 spiro atoms. The maximum atomic E-state index is 12.7. The second-order valence-corrected chi connectivity index (χ2v) is 8.35. The highest BCUT2D eigenvalue weighted by Crippen LogP contribution is 2.27. The number of nitrogens with one attached hydrogen (secondary N) is 2. The Morgan fingerprint density at radius 1 is 1.10 bits per heavy atom. The highest BCUT2D eigenvalue weighted by Gasteiger charge is 2.26. The minimum Gasteiger partial charge on any atom is -0.459 e. The molecule has 9 nitrogen and oxygen atoms in total. The molecule has 3 rings (SSSR count). The Kier molecular flexibility index (Phi) is 5.99. The van der Waals surface area contributed by atoms with E-state index in [0.717, 1.165) is 0 Å². The molecule has 2 aromatic carbocycles. The van der Waals surface area contributed by atoms with Gasteiger partial charge in [0.1, 0.15) is 0 Å². The first kappa shape index (κ1) is 21.2. The molecular formula is C20H19N3O6S. The zero-order valence-corrected chi connectivity index (χ0v) is 17.0. The minimum atomic E-state index is -4.11. The highest BCUT2D eigenvalue weighted by atomic mass is 32.2. The highest BCUT2D eigenvalue weighted by molar-refractivity contribution is 7.89. The summed E-state index contributed by atoms with van der Waals surface area (Å²) in [5, 5.41) is 13.9. The van der Waals surface area contributed by atoms with Gasteiger partial charge in [-0.25, -0.2) is 13.1 Å². The van der Waals surface area contributed by atoms with Gasteiger partial charge in [-0.3, -0.25) is 14.9 Å². The number of rotatable bonds is 7. The lowest BCUT2D eigenvalue weighted by Crippen LogP contribution is -2.24. The van der Waals surface area contributed by atoms with Crippen molar-refractivity contribution in [3.05, 3.63) is 87.4 Å². The molecule has 0 aliphatic carbocycles. The molecule has 1 heterocycles. The topological polar surface area (TPSA) is 132 Å². The number of hydrogen-bond donors (Lipinski definition) is 2. The summed E-state index contributed by atoms with van der Waals surface area (Å²) in [5.41, 5.74) is 1.92. The van der Waals surface area contributed by atoms with Crippen molar-refractivity contribution >= 4 is 27.3 Å². The quantitative estimate of drug-likeness (QED) is 0.436. The number of carbonyl (C=O) groups excluding carboxylic acids is 1. The molecule has 2 N–H and O–H groups in total. The third-order valence-corrected chi connectivity index (χ3v) is 5.91. The van der Waals surface area contributed by atoms with E-state index in [4.69, 9.17) is 4.42 Å². The van der Waals surface area contributed by atoms with Crippen molar-refractivity contribution < 1.29 is 22.6 Å². The molecule has 30 heavy (non-hydrogen) atoms. The van der Waals surface area contributed by atoms with Gasteiger partial charge < -0.3 is 9.73 Å². The molecule has 0 radical (unpaired) electrons. The molecule has 156 valence electrons. The van der Waals surface area contributed by atoms with Crippen LogP contribution in [0, 0.1) is 24.0 Å². The van der Waals surface area contributed by atoms with Crippen LogP contribution in [0.25, 0.3) is 0 Å². The normalized spacial score (nSPS) is 11.3. The average Bonchev–Trinajstić information content (AvgIpc) is 3.24. The summed E-state index contributed by atoms with van der Waals surface area (Å²) in [7, 11) is -4.11. The molecule has 1 amide bonds. The Morgan fingerprint density at radius 3 is 2.37 bits per heavy atom. The van der Waals surface area contributed by atoms with Crippen molar-refractivity contribution in [2.45, 2.75) is 25.3 Å². The number of aryl methyl sites for hydroxylation is 2. The zero-order valence-electron chi connectivity index (χ0n) is 16.2. The second kappa shape index (κ2) is 8.47. The molecule has 0 unspecified atom stereocenters. The molecule has 0 bridgehead atoms. The van der Waals surface area contributed by atoms with Crippen LogP contribution < -0.4 is 10.0 Å². The number of carbonyl (C=O) groups is 1. The van der Waals surface area contributed by atoms with Crippen molar-refractivity contribution in [1.29, 1.82) is 0 Å². The smallest absolute Gasteiger partial charge is 0.291 e. The van der Waals surface area contributed by atoms with E-state index in [9.17, 15) is 23.3 Å². The van der Waals surface area contributed by atoms with E-state index in [0.29, 0.717) is 22.4 Å². The lowest BCUT2D eigenvalue weighted by atomic mass is 10.1. The maximum absolute atomic E-state index is 12.7. The van der Waals surface area contributed by atoms with Crippen LogP contribution in [0.15, 0.2) is 64.1 Å². The molecule has 1 aromatic heterocycles. The van der Waals surface area contributed by atoms with Crippen LogP contribution >= 0.6 is 0 Å². The summed E-state index contributed by atoms with van der Waals surface area (Å²) in [5.74, 6) is -0.239. The molecule has 3 aromatic rings. The Morgan fingerprint density at radius 2 is 1.77 bits per heavy atom. The van der Waals surface area contributed by atoms with Crippen LogP contribution in [-0.4, -0.2) is 19.2 Å². The van der Waals surface area contributed by atoms with Crippen molar-refractivity contribution in [2.75, 3.05) is 5.32 Å². The van der Waals surface area contributed by atoms with Gasteiger partial charge in [0, 0.05) is 18.3 Å². The van der Waals surface area contributed by atoms with Gasteiger partial charge in [0.2, 0.25) is 10.0 Å². The third kappa shape index (κ3) is 4.73. The van der Waals surface area contributed by atoms with E-state index < -0.39 is 26.5 Å². The van der Waals surface area contributed by atoms with Crippen molar-refractivity contribution in [3.8, 4) is 0 Å². The average molecular weight is 429 g/mol. The summed E-state index contributed by atoms with van der Waals surface area (Å²) in [6.07, 6.45) is 1.39. The zero-order chi connectivity index (χ0) is 21.9. The number of sulfonamides is 1. The van der Waals surface area contributed by atoms with Gasteiger partial charge in [-0.1, -0.05) is 12.1 Å². The summed E-state index contributed by atoms with van der Waals surface area (Å²) in [4.78, 5) is 22.2. The maximum Gasteiger partial charge on any atom is 0.291 e. The van der Waals surface area contributed by atoms with Gasteiger partial charge in [-0.2, -0.15) is 0 Å². The number of amides is 1. The number of nitro groups is 1. The van der Waals surface area contributed by atoms with Gasteiger partial charge in [-0.05, 0) is 60.9 Å². The van der Waals surface area contributed by atoms with Crippen LogP contribution in [0.4, 0.5) is 11.4 Å². The van der Waals surface area contributed by atoms with E-state index in [1.54, 1.807) is 44.2 Å². The van der Waals surface area contributed by atoms with Crippen molar-refractivity contribution in [2.24, 2.45) is 0 Å². The number of nitrogens with zero attached hydrogens (tertiary/aromatic N) is 1. The number of benzene rings is 2. The monoisotopic (exact) mass is 429 g/mol. The first-order chi connectivity index (χ1) is 14.2. The number of hydrogen-bond acceptors (Lipinski definition) is 6. The first-order valence-corrected chi connectivity index (χ1v) is 10.3. The fourth-order valence-corrected chi connectivity index (χ4v) is 3.95. The van der Waals surface area contributed by atoms with Gasteiger partial charge in [0.15, 0.2) is 10.7 Å². The van der Waals surface area contributed by atoms with Crippen LogP contribution in [0.3, 0.4) is 0 Å². The Hall–Kier alpha value is -3.50. The standard InChI is InChI=1S/C20H19N3O6S/c1-13-10-17(23(25)26)19(11-14(13)2)30(27,28)21-12-15-5-7-16(8-6-15)22-20(24)18-4-3-9-29-18/h3-11,21H,12H2,1-2H3,(H,22,24). The molecule has 0 fully saturated rings. The predicted octanol–water partition coefficient (Wildman–Crippen LogP) is 3.54. The SMILES string of the molecule is Cc1cc([N+](=O)[O-])c(S(=O)(=O)NCc2ccc(NC(=O)c3ccco3)cc2)cc1C. The molecule has 0 saturated carbocycles. The third-order valence-electron chi connectivity index (χ3n) is 4.48. The number of nitro benzene ring substituents is 1. The second-order valence-electron chi connectivity index (χ2n) is 6.61. The predicted molar refractivity (Wildman–Crippen MR) is 110 cm³/mol. The lowest BCUT2D eigenvalue weighted by molar-refractivity contribution is -0.387. The molecule has 0 saturated heterocycles.